The molecule has 0 fully saturated rings. The third-order valence-corrected chi connectivity index (χ3v) is 2.85. The zero-order valence-corrected chi connectivity index (χ0v) is 11.3. The van der Waals surface area contributed by atoms with Gasteiger partial charge in [-0.25, -0.2) is 14.0 Å². The molecule has 0 aliphatic rings. The van der Waals surface area contributed by atoms with Crippen LogP contribution in [0.1, 0.15) is 6.42 Å². The smallest absolute Gasteiger partial charge is 0.332 e. The summed E-state index contributed by atoms with van der Waals surface area (Å²) in [5, 5.41) is 22.0. The Balaban J connectivity index is 2.46. The summed E-state index contributed by atoms with van der Waals surface area (Å²) in [6.07, 6.45) is -1.68. The average molecular weight is 335 g/mol. The van der Waals surface area contributed by atoms with Crippen molar-refractivity contribution in [3.63, 3.8) is 0 Å². The Morgan fingerprint density at radius 1 is 1.42 bits per heavy atom. The molecule has 0 aromatic heterocycles. The van der Waals surface area contributed by atoms with Gasteiger partial charge in [0.25, 0.3) is 0 Å². The summed E-state index contributed by atoms with van der Waals surface area (Å²) >= 11 is 3.09. The van der Waals surface area contributed by atoms with Crippen LogP contribution in [0.25, 0.3) is 0 Å². The number of aliphatic hydroxyl groups is 1. The molecule has 1 rings (SSSR count). The summed E-state index contributed by atoms with van der Waals surface area (Å²) in [6.45, 7) is -0.0502. The molecule has 104 valence electrons. The van der Waals surface area contributed by atoms with Gasteiger partial charge in [-0.2, -0.15) is 0 Å². The molecule has 8 heteroatoms. The van der Waals surface area contributed by atoms with Crippen LogP contribution >= 0.6 is 15.9 Å². The van der Waals surface area contributed by atoms with Crippen molar-refractivity contribution < 1.29 is 24.2 Å². The highest BCUT2D eigenvalue weighted by Gasteiger charge is 2.14. The van der Waals surface area contributed by atoms with Crippen LogP contribution < -0.4 is 10.6 Å². The SMILES string of the molecule is O=C(NCCC(O)C(=O)O)Nc1c(F)cccc1Br. The van der Waals surface area contributed by atoms with E-state index in [1.807, 2.05) is 0 Å². The van der Waals surface area contributed by atoms with Gasteiger partial charge in [-0.15, -0.1) is 0 Å². The minimum absolute atomic E-state index is 0.0150. The molecule has 0 spiro atoms. The molecule has 1 atom stereocenters. The minimum atomic E-state index is -1.54. The quantitative estimate of drug-likeness (QED) is 0.656. The number of halogens is 2. The number of amides is 2. The zero-order chi connectivity index (χ0) is 14.4. The molecule has 0 saturated carbocycles. The van der Waals surface area contributed by atoms with Crippen LogP contribution in [0.2, 0.25) is 0 Å². The number of anilines is 1. The van der Waals surface area contributed by atoms with Gasteiger partial charge in [0.15, 0.2) is 6.10 Å². The van der Waals surface area contributed by atoms with Gasteiger partial charge in [0.2, 0.25) is 0 Å². The number of nitrogens with one attached hydrogen (secondary N) is 2. The van der Waals surface area contributed by atoms with Crippen molar-refractivity contribution >= 4 is 33.6 Å². The molecule has 6 nitrogen and oxygen atoms in total. The second kappa shape index (κ2) is 7.05. The fourth-order valence-electron chi connectivity index (χ4n) is 1.22. The predicted octanol–water partition coefficient (Wildman–Crippen LogP) is 1.55. The van der Waals surface area contributed by atoms with Crippen molar-refractivity contribution in [2.24, 2.45) is 0 Å². The van der Waals surface area contributed by atoms with E-state index in [-0.39, 0.29) is 18.7 Å². The van der Waals surface area contributed by atoms with Gasteiger partial charge in [0, 0.05) is 17.4 Å². The molecule has 19 heavy (non-hydrogen) atoms. The first-order valence-electron chi connectivity index (χ1n) is 5.31. The molecule has 0 saturated heterocycles. The van der Waals surface area contributed by atoms with E-state index in [0.29, 0.717) is 4.47 Å². The number of hydrogen-bond acceptors (Lipinski definition) is 3. The highest BCUT2D eigenvalue weighted by Crippen LogP contribution is 2.24. The fourth-order valence-corrected chi connectivity index (χ4v) is 1.66. The highest BCUT2D eigenvalue weighted by atomic mass is 79.9. The predicted molar refractivity (Wildman–Crippen MR) is 69.4 cm³/mol. The van der Waals surface area contributed by atoms with Gasteiger partial charge >= 0.3 is 12.0 Å². The molecule has 0 heterocycles. The summed E-state index contributed by atoms with van der Waals surface area (Å²) in [7, 11) is 0. The molecule has 0 aliphatic heterocycles. The lowest BCUT2D eigenvalue weighted by Crippen LogP contribution is -2.33. The maximum absolute atomic E-state index is 13.4. The minimum Gasteiger partial charge on any atom is -0.479 e. The van der Waals surface area contributed by atoms with Gasteiger partial charge in [-0.05, 0) is 28.1 Å². The van der Waals surface area contributed by atoms with Crippen molar-refractivity contribution in [3.05, 3.63) is 28.5 Å². The standard InChI is InChI=1S/C11H12BrFN2O4/c12-6-2-1-3-7(13)9(6)15-11(19)14-5-4-8(16)10(17)18/h1-3,8,16H,4-5H2,(H,17,18)(H2,14,15,19). The summed E-state index contributed by atoms with van der Waals surface area (Å²) in [6, 6.07) is 3.54. The molecule has 1 unspecified atom stereocenters. The van der Waals surface area contributed by atoms with Crippen molar-refractivity contribution in [1.29, 1.82) is 0 Å². The maximum Gasteiger partial charge on any atom is 0.332 e. The fraction of sp³-hybridized carbons (Fsp3) is 0.273. The topological polar surface area (TPSA) is 98.7 Å². The zero-order valence-electron chi connectivity index (χ0n) is 9.69. The molecular weight excluding hydrogens is 323 g/mol. The molecule has 2 amide bonds. The van der Waals surface area contributed by atoms with Gasteiger partial charge in [-0.1, -0.05) is 6.07 Å². The van der Waals surface area contributed by atoms with Crippen molar-refractivity contribution in [2.75, 3.05) is 11.9 Å². The molecule has 1 aromatic carbocycles. The first kappa shape index (κ1) is 15.4. The van der Waals surface area contributed by atoms with Crippen LogP contribution in [0.3, 0.4) is 0 Å². The Morgan fingerprint density at radius 2 is 2.11 bits per heavy atom. The number of hydrogen-bond donors (Lipinski definition) is 4. The number of aliphatic hydroxyl groups excluding tert-OH is 1. The van der Waals surface area contributed by atoms with Crippen LogP contribution in [-0.4, -0.2) is 34.9 Å². The number of carbonyl (C=O) groups excluding carboxylic acids is 1. The van der Waals surface area contributed by atoms with Gasteiger partial charge in [0.05, 0.1) is 5.69 Å². The number of para-hydroxylation sites is 1. The Kier molecular flexibility index (Phi) is 5.71. The Morgan fingerprint density at radius 3 is 2.68 bits per heavy atom. The summed E-state index contributed by atoms with van der Waals surface area (Å²) in [5.74, 6) is -1.96. The third kappa shape index (κ3) is 4.84. The van der Waals surface area contributed by atoms with Gasteiger partial charge < -0.3 is 20.8 Å². The Bertz CT molecular complexity index is 464. The van der Waals surface area contributed by atoms with Crippen LogP contribution in [0.4, 0.5) is 14.9 Å². The first-order chi connectivity index (χ1) is 8.91. The van der Waals surface area contributed by atoms with Crippen molar-refractivity contribution in [2.45, 2.75) is 12.5 Å². The number of benzene rings is 1. The number of carboxylic acids is 1. The average Bonchev–Trinajstić information content (AvgIpc) is 2.33. The normalized spacial score (nSPS) is 11.7. The van der Waals surface area contributed by atoms with E-state index in [9.17, 15) is 14.0 Å². The lowest BCUT2D eigenvalue weighted by Gasteiger charge is -2.10. The van der Waals surface area contributed by atoms with Crippen LogP contribution in [0.5, 0.6) is 0 Å². The molecular formula is C11H12BrFN2O4. The number of aliphatic carboxylic acids is 1. The number of urea groups is 1. The molecule has 0 aliphatic carbocycles. The van der Waals surface area contributed by atoms with E-state index in [1.165, 1.54) is 12.1 Å². The maximum atomic E-state index is 13.4. The summed E-state index contributed by atoms with van der Waals surface area (Å²) in [5.41, 5.74) is -0.0150. The van der Waals surface area contributed by atoms with Gasteiger partial charge in [0.1, 0.15) is 5.82 Å². The molecule has 0 radical (unpaired) electrons. The second-order valence-electron chi connectivity index (χ2n) is 3.62. The van der Waals surface area contributed by atoms with Crippen molar-refractivity contribution in [1.82, 2.24) is 5.32 Å². The van der Waals surface area contributed by atoms with E-state index >= 15 is 0 Å². The number of carbonyl (C=O) groups is 2. The lowest BCUT2D eigenvalue weighted by atomic mass is 10.2. The first-order valence-corrected chi connectivity index (χ1v) is 6.11. The third-order valence-electron chi connectivity index (χ3n) is 2.19. The van der Waals surface area contributed by atoms with Crippen LogP contribution in [0.15, 0.2) is 22.7 Å². The molecule has 1 aromatic rings. The Hall–Kier alpha value is -1.67. The van der Waals surface area contributed by atoms with E-state index in [4.69, 9.17) is 10.2 Å². The van der Waals surface area contributed by atoms with E-state index in [1.54, 1.807) is 6.07 Å². The molecule has 0 bridgehead atoms. The number of rotatable bonds is 5. The largest absolute Gasteiger partial charge is 0.479 e. The van der Waals surface area contributed by atoms with Crippen LogP contribution in [-0.2, 0) is 4.79 Å². The monoisotopic (exact) mass is 334 g/mol. The van der Waals surface area contributed by atoms with Crippen molar-refractivity contribution in [3.8, 4) is 0 Å². The highest BCUT2D eigenvalue weighted by molar-refractivity contribution is 9.10. The second-order valence-corrected chi connectivity index (χ2v) is 4.47. The van der Waals surface area contributed by atoms with E-state index in [0.717, 1.165) is 0 Å². The summed E-state index contributed by atoms with van der Waals surface area (Å²) in [4.78, 5) is 21.8. The van der Waals surface area contributed by atoms with Crippen LogP contribution in [0, 0.1) is 5.82 Å². The lowest BCUT2D eigenvalue weighted by molar-refractivity contribution is -0.146. The van der Waals surface area contributed by atoms with E-state index < -0.39 is 23.9 Å². The van der Waals surface area contributed by atoms with E-state index in [2.05, 4.69) is 26.6 Å². The Labute approximate surface area is 116 Å². The molecule has 4 N–H and O–H groups in total. The van der Waals surface area contributed by atoms with Gasteiger partial charge in [-0.3, -0.25) is 0 Å². The summed E-state index contributed by atoms with van der Waals surface area (Å²) < 4.78 is 13.8. The number of carboxylic acid groups (broad SMARTS) is 1.